The first kappa shape index (κ1) is 17.1. The van der Waals surface area contributed by atoms with E-state index in [4.69, 9.17) is 0 Å². The van der Waals surface area contributed by atoms with E-state index in [1.165, 1.54) is 37.9 Å². The fraction of sp³-hybridized carbons (Fsp3) is 0.706. The Morgan fingerprint density at radius 2 is 1.90 bits per heavy atom. The Balaban J connectivity index is 1.94. The highest BCUT2D eigenvalue weighted by atomic mass is 15.1. The molecule has 114 valence electrons. The van der Waals surface area contributed by atoms with Crippen LogP contribution in [0.2, 0.25) is 0 Å². The van der Waals surface area contributed by atoms with Crippen LogP contribution >= 0.6 is 0 Å². The Bertz CT molecular complexity index is 324. The molecule has 0 saturated carbocycles. The van der Waals surface area contributed by atoms with Crippen LogP contribution in [0, 0.1) is 0 Å². The summed E-state index contributed by atoms with van der Waals surface area (Å²) in [6, 6.07) is 6.76. The summed E-state index contributed by atoms with van der Waals surface area (Å²) in [6.07, 6.45) is 8.22. The maximum absolute atomic E-state index is 4.36. The Morgan fingerprint density at radius 1 is 1.10 bits per heavy atom. The van der Waals surface area contributed by atoms with Crippen molar-refractivity contribution < 1.29 is 0 Å². The van der Waals surface area contributed by atoms with Crippen LogP contribution in [0.1, 0.15) is 45.2 Å². The number of nitrogens with one attached hydrogen (secondary N) is 1. The van der Waals surface area contributed by atoms with Crippen molar-refractivity contribution in [3.8, 4) is 0 Å². The van der Waals surface area contributed by atoms with Crippen molar-refractivity contribution in [3.05, 3.63) is 30.1 Å². The summed E-state index contributed by atoms with van der Waals surface area (Å²) in [7, 11) is 2.21. The fourth-order valence-corrected chi connectivity index (χ4v) is 2.21. The van der Waals surface area contributed by atoms with Gasteiger partial charge in [0, 0.05) is 30.9 Å². The molecule has 0 aliphatic rings. The van der Waals surface area contributed by atoms with Gasteiger partial charge in [-0.25, -0.2) is 0 Å². The lowest BCUT2D eigenvalue weighted by atomic mass is 10.2. The van der Waals surface area contributed by atoms with Crippen molar-refractivity contribution in [1.82, 2.24) is 15.2 Å². The van der Waals surface area contributed by atoms with Gasteiger partial charge in [0.25, 0.3) is 0 Å². The second-order valence-electron chi connectivity index (χ2n) is 5.90. The highest BCUT2D eigenvalue weighted by Crippen LogP contribution is 2.02. The van der Waals surface area contributed by atoms with Crippen LogP contribution in [0.5, 0.6) is 0 Å². The number of hydrogen-bond donors (Lipinski definition) is 1. The first-order valence-corrected chi connectivity index (χ1v) is 8.00. The number of likely N-dealkylation sites (N-methyl/N-ethyl adjacent to an activating group) is 1. The molecule has 0 unspecified atom stereocenters. The van der Waals surface area contributed by atoms with Crippen molar-refractivity contribution in [1.29, 1.82) is 0 Å². The molecule has 0 aromatic carbocycles. The van der Waals surface area contributed by atoms with E-state index in [2.05, 4.69) is 48.2 Å². The monoisotopic (exact) mass is 277 g/mol. The van der Waals surface area contributed by atoms with Gasteiger partial charge in [0.15, 0.2) is 0 Å². The molecule has 0 aliphatic carbocycles. The molecule has 1 rings (SSSR count). The van der Waals surface area contributed by atoms with Gasteiger partial charge >= 0.3 is 0 Å². The molecule has 0 bridgehead atoms. The van der Waals surface area contributed by atoms with E-state index in [0.717, 1.165) is 19.5 Å². The molecule has 0 amide bonds. The zero-order chi connectivity index (χ0) is 14.6. The lowest BCUT2D eigenvalue weighted by Gasteiger charge is -2.16. The SMILES string of the molecule is CC(C)NCCCCCCN(C)CCc1ccccn1. The van der Waals surface area contributed by atoms with Crippen LogP contribution in [0.3, 0.4) is 0 Å². The number of aromatic nitrogens is 1. The molecule has 20 heavy (non-hydrogen) atoms. The molecular weight excluding hydrogens is 246 g/mol. The van der Waals surface area contributed by atoms with Crippen LogP contribution in [-0.2, 0) is 6.42 Å². The van der Waals surface area contributed by atoms with E-state index in [1.54, 1.807) is 0 Å². The summed E-state index contributed by atoms with van der Waals surface area (Å²) in [5.41, 5.74) is 1.19. The number of unbranched alkanes of at least 4 members (excludes halogenated alkanes) is 3. The van der Waals surface area contributed by atoms with Gasteiger partial charge in [-0.1, -0.05) is 32.8 Å². The maximum Gasteiger partial charge on any atom is 0.0416 e. The Hall–Kier alpha value is -0.930. The molecule has 0 aliphatic heterocycles. The van der Waals surface area contributed by atoms with E-state index in [0.29, 0.717) is 6.04 Å². The topological polar surface area (TPSA) is 28.2 Å². The molecule has 1 aromatic rings. The van der Waals surface area contributed by atoms with E-state index >= 15 is 0 Å². The third-order valence-electron chi connectivity index (χ3n) is 3.50. The molecule has 0 spiro atoms. The molecule has 0 fully saturated rings. The average molecular weight is 277 g/mol. The predicted molar refractivity (Wildman–Crippen MR) is 87.0 cm³/mol. The molecule has 0 radical (unpaired) electrons. The summed E-state index contributed by atoms with van der Waals surface area (Å²) in [5, 5.41) is 3.47. The predicted octanol–water partition coefficient (Wildman–Crippen LogP) is 3.11. The largest absolute Gasteiger partial charge is 0.315 e. The number of pyridine rings is 1. The van der Waals surface area contributed by atoms with Gasteiger partial charge in [-0.3, -0.25) is 4.98 Å². The smallest absolute Gasteiger partial charge is 0.0416 e. The third-order valence-corrected chi connectivity index (χ3v) is 3.50. The maximum atomic E-state index is 4.36. The zero-order valence-electron chi connectivity index (χ0n) is 13.4. The summed E-state index contributed by atoms with van der Waals surface area (Å²) in [4.78, 5) is 6.78. The summed E-state index contributed by atoms with van der Waals surface area (Å²) < 4.78 is 0. The molecule has 1 aromatic heterocycles. The second-order valence-corrected chi connectivity index (χ2v) is 5.90. The van der Waals surface area contributed by atoms with Gasteiger partial charge in [-0.15, -0.1) is 0 Å². The van der Waals surface area contributed by atoms with Gasteiger partial charge in [0.2, 0.25) is 0 Å². The molecule has 1 N–H and O–H groups in total. The zero-order valence-corrected chi connectivity index (χ0v) is 13.4. The minimum atomic E-state index is 0.618. The number of rotatable bonds is 11. The van der Waals surface area contributed by atoms with Crippen molar-refractivity contribution in [2.45, 2.75) is 52.0 Å². The standard InChI is InChI=1S/C17H31N3/c1-16(2)18-12-7-4-5-9-14-20(3)15-11-17-10-6-8-13-19-17/h6,8,10,13,16,18H,4-5,7,9,11-12,14-15H2,1-3H3. The molecule has 3 heteroatoms. The Kier molecular flexibility index (Phi) is 9.25. The highest BCUT2D eigenvalue weighted by Gasteiger charge is 2.00. The van der Waals surface area contributed by atoms with Crippen LogP contribution in [0.25, 0.3) is 0 Å². The molecule has 0 atom stereocenters. The van der Waals surface area contributed by atoms with E-state index in [-0.39, 0.29) is 0 Å². The van der Waals surface area contributed by atoms with Crippen molar-refractivity contribution in [2.24, 2.45) is 0 Å². The number of hydrogen-bond acceptors (Lipinski definition) is 3. The van der Waals surface area contributed by atoms with Crippen LogP contribution in [0.15, 0.2) is 24.4 Å². The first-order chi connectivity index (χ1) is 9.68. The van der Waals surface area contributed by atoms with Crippen molar-refractivity contribution in [3.63, 3.8) is 0 Å². The highest BCUT2D eigenvalue weighted by molar-refractivity contribution is 5.03. The van der Waals surface area contributed by atoms with Crippen molar-refractivity contribution in [2.75, 3.05) is 26.7 Å². The third kappa shape index (κ3) is 9.05. The molecular formula is C17H31N3. The van der Waals surface area contributed by atoms with Crippen LogP contribution in [-0.4, -0.2) is 42.6 Å². The Labute approximate surface area is 124 Å². The summed E-state index contributed by atoms with van der Waals surface area (Å²) >= 11 is 0. The Morgan fingerprint density at radius 3 is 2.60 bits per heavy atom. The molecule has 3 nitrogen and oxygen atoms in total. The minimum absolute atomic E-state index is 0.618. The lowest BCUT2D eigenvalue weighted by Crippen LogP contribution is -2.24. The second kappa shape index (κ2) is 10.8. The van der Waals surface area contributed by atoms with Gasteiger partial charge in [0.1, 0.15) is 0 Å². The average Bonchev–Trinajstić information content (AvgIpc) is 2.45. The minimum Gasteiger partial charge on any atom is -0.315 e. The van der Waals surface area contributed by atoms with E-state index < -0.39 is 0 Å². The lowest BCUT2D eigenvalue weighted by molar-refractivity contribution is 0.326. The van der Waals surface area contributed by atoms with Gasteiger partial charge in [-0.05, 0) is 45.1 Å². The van der Waals surface area contributed by atoms with Gasteiger partial charge in [-0.2, -0.15) is 0 Å². The van der Waals surface area contributed by atoms with Gasteiger partial charge in [0.05, 0.1) is 0 Å². The van der Waals surface area contributed by atoms with Gasteiger partial charge < -0.3 is 10.2 Å². The fourth-order valence-electron chi connectivity index (χ4n) is 2.21. The quantitative estimate of drug-likeness (QED) is 0.630. The van der Waals surface area contributed by atoms with Crippen molar-refractivity contribution >= 4 is 0 Å². The summed E-state index contributed by atoms with van der Waals surface area (Å²) in [5.74, 6) is 0. The normalized spacial score (nSPS) is 11.4. The van der Waals surface area contributed by atoms with Crippen LogP contribution in [0.4, 0.5) is 0 Å². The molecule has 1 heterocycles. The summed E-state index contributed by atoms with van der Waals surface area (Å²) in [6.45, 7) is 7.87. The molecule has 0 saturated heterocycles. The first-order valence-electron chi connectivity index (χ1n) is 8.00. The van der Waals surface area contributed by atoms with E-state index in [9.17, 15) is 0 Å². The number of nitrogens with zero attached hydrogens (tertiary/aromatic N) is 2. The van der Waals surface area contributed by atoms with E-state index in [1.807, 2.05) is 12.3 Å². The van der Waals surface area contributed by atoms with Crippen LogP contribution < -0.4 is 5.32 Å².